The van der Waals surface area contributed by atoms with Gasteiger partial charge in [-0.05, 0) is 24.6 Å². The molecule has 0 aliphatic rings. The van der Waals surface area contributed by atoms with Gasteiger partial charge >= 0.3 is 12.1 Å². The molecule has 0 spiro atoms. The van der Waals surface area contributed by atoms with Gasteiger partial charge in [0.25, 0.3) is 5.91 Å². The van der Waals surface area contributed by atoms with Gasteiger partial charge in [0.05, 0.1) is 17.1 Å². The summed E-state index contributed by atoms with van der Waals surface area (Å²) in [5.74, 6) is -2.80. The number of benzene rings is 1. The summed E-state index contributed by atoms with van der Waals surface area (Å²) in [5, 5.41) is 19.5. The smallest absolute Gasteiger partial charge is 0.426 e. The minimum Gasteiger partial charge on any atom is -0.481 e. The van der Waals surface area contributed by atoms with Gasteiger partial charge in [0.1, 0.15) is 0 Å². The van der Waals surface area contributed by atoms with Crippen molar-refractivity contribution in [1.29, 1.82) is 0 Å². The van der Waals surface area contributed by atoms with Gasteiger partial charge in [-0.25, -0.2) is 0 Å². The Morgan fingerprint density at radius 2 is 1.90 bits per heavy atom. The van der Waals surface area contributed by atoms with Crippen molar-refractivity contribution >= 4 is 29.2 Å². The minimum absolute atomic E-state index is 0.139. The SMILES string of the molecule is C[C@@](O)(C(=O)Nc1ccc(CC(=O)O)cc1Cl)C(F)(F)F. The summed E-state index contributed by atoms with van der Waals surface area (Å²) < 4.78 is 37.5. The van der Waals surface area contributed by atoms with Crippen LogP contribution in [0.2, 0.25) is 5.02 Å². The van der Waals surface area contributed by atoms with E-state index in [-0.39, 0.29) is 17.1 Å². The van der Waals surface area contributed by atoms with Crippen molar-refractivity contribution in [3.05, 3.63) is 28.8 Å². The maximum Gasteiger partial charge on any atom is 0.426 e. The summed E-state index contributed by atoms with van der Waals surface area (Å²) in [6, 6.07) is 3.65. The van der Waals surface area contributed by atoms with Gasteiger partial charge < -0.3 is 15.5 Å². The molecular weight excluding hydrogens is 315 g/mol. The molecular formula is C12H11ClF3NO4. The maximum absolute atomic E-state index is 12.5. The van der Waals surface area contributed by atoms with Crippen molar-refractivity contribution in [3.8, 4) is 0 Å². The van der Waals surface area contributed by atoms with E-state index in [9.17, 15) is 27.9 Å². The molecule has 0 saturated heterocycles. The zero-order valence-corrected chi connectivity index (χ0v) is 11.4. The van der Waals surface area contributed by atoms with Crippen LogP contribution in [0.15, 0.2) is 18.2 Å². The fraction of sp³-hybridized carbons (Fsp3) is 0.333. The van der Waals surface area contributed by atoms with E-state index >= 15 is 0 Å². The van der Waals surface area contributed by atoms with Crippen LogP contribution in [-0.2, 0) is 16.0 Å². The summed E-state index contributed by atoms with van der Waals surface area (Å²) in [5.41, 5.74) is -3.43. The number of carbonyl (C=O) groups is 2. The number of aliphatic hydroxyl groups is 1. The Hall–Kier alpha value is -1.80. The number of rotatable bonds is 4. The standard InChI is InChI=1S/C12H11ClF3NO4/c1-11(21,12(14,15)16)10(20)17-8-3-2-6(4-7(8)13)5-9(18)19/h2-4,21H,5H2,1H3,(H,17,20)(H,18,19)/t11-/m1/s1. The van der Waals surface area contributed by atoms with Gasteiger partial charge in [0, 0.05) is 0 Å². The number of halogens is 4. The highest BCUT2D eigenvalue weighted by atomic mass is 35.5. The number of hydrogen-bond acceptors (Lipinski definition) is 3. The summed E-state index contributed by atoms with van der Waals surface area (Å²) >= 11 is 5.75. The number of hydrogen-bond donors (Lipinski definition) is 3. The van der Waals surface area contributed by atoms with Crippen molar-refractivity contribution in [2.45, 2.75) is 25.1 Å². The summed E-state index contributed by atoms with van der Waals surface area (Å²) in [6.45, 7) is 0.315. The number of anilines is 1. The van der Waals surface area contributed by atoms with Crippen LogP contribution in [0, 0.1) is 0 Å². The van der Waals surface area contributed by atoms with Crippen LogP contribution in [0.5, 0.6) is 0 Å². The predicted octanol–water partition coefficient (Wildman–Crippen LogP) is 2.22. The molecule has 1 amide bonds. The lowest BCUT2D eigenvalue weighted by molar-refractivity contribution is -0.242. The van der Waals surface area contributed by atoms with E-state index in [4.69, 9.17) is 16.7 Å². The molecule has 0 heterocycles. The molecule has 5 nitrogen and oxygen atoms in total. The molecule has 0 bridgehead atoms. The molecule has 21 heavy (non-hydrogen) atoms. The quantitative estimate of drug-likeness (QED) is 0.792. The number of alkyl halides is 3. The van der Waals surface area contributed by atoms with Gasteiger partial charge in [-0.2, -0.15) is 13.2 Å². The van der Waals surface area contributed by atoms with E-state index in [1.165, 1.54) is 12.1 Å². The predicted molar refractivity (Wildman–Crippen MR) is 68.1 cm³/mol. The van der Waals surface area contributed by atoms with E-state index in [1.807, 2.05) is 5.32 Å². The monoisotopic (exact) mass is 325 g/mol. The third-order valence-corrected chi connectivity index (χ3v) is 2.94. The Morgan fingerprint density at radius 1 is 1.33 bits per heavy atom. The van der Waals surface area contributed by atoms with Crippen LogP contribution < -0.4 is 5.32 Å². The molecule has 3 N–H and O–H groups in total. The lowest BCUT2D eigenvalue weighted by atomic mass is 10.1. The Morgan fingerprint density at radius 3 is 2.33 bits per heavy atom. The van der Waals surface area contributed by atoms with Crippen LogP contribution in [0.4, 0.5) is 18.9 Å². The van der Waals surface area contributed by atoms with Crippen LogP contribution in [0.1, 0.15) is 12.5 Å². The summed E-state index contributed by atoms with van der Waals surface area (Å²) in [4.78, 5) is 22.0. The number of amides is 1. The van der Waals surface area contributed by atoms with Gasteiger partial charge in [-0.1, -0.05) is 17.7 Å². The van der Waals surface area contributed by atoms with Crippen LogP contribution in [0.25, 0.3) is 0 Å². The zero-order chi connectivity index (χ0) is 16.4. The topological polar surface area (TPSA) is 86.6 Å². The van der Waals surface area contributed by atoms with E-state index in [2.05, 4.69) is 0 Å². The Balaban J connectivity index is 2.94. The molecule has 116 valence electrons. The number of carboxylic acids is 1. The van der Waals surface area contributed by atoms with Crippen LogP contribution >= 0.6 is 11.6 Å². The largest absolute Gasteiger partial charge is 0.481 e. The van der Waals surface area contributed by atoms with E-state index in [0.717, 1.165) is 6.07 Å². The molecule has 0 aliphatic heterocycles. The van der Waals surface area contributed by atoms with E-state index in [1.54, 1.807) is 0 Å². The Labute approximate surface area is 122 Å². The molecule has 9 heteroatoms. The molecule has 0 aromatic heterocycles. The van der Waals surface area contributed by atoms with Crippen molar-refractivity contribution in [2.24, 2.45) is 0 Å². The number of carboxylic acid groups (broad SMARTS) is 1. The second-order valence-electron chi connectivity index (χ2n) is 4.41. The maximum atomic E-state index is 12.5. The lowest BCUT2D eigenvalue weighted by Gasteiger charge is -2.25. The molecule has 1 rings (SSSR count). The molecule has 0 fully saturated rings. The van der Waals surface area contributed by atoms with Crippen molar-refractivity contribution < 1.29 is 33.0 Å². The van der Waals surface area contributed by atoms with Gasteiger partial charge in [-0.3, -0.25) is 9.59 Å². The molecule has 0 aliphatic carbocycles. The van der Waals surface area contributed by atoms with Gasteiger partial charge in [0.2, 0.25) is 5.60 Å². The Kier molecular flexibility index (Phi) is 4.85. The average molecular weight is 326 g/mol. The Bertz CT molecular complexity index is 572. The fourth-order valence-electron chi connectivity index (χ4n) is 1.32. The number of carbonyl (C=O) groups excluding carboxylic acids is 1. The summed E-state index contributed by atoms with van der Waals surface area (Å²) in [7, 11) is 0. The zero-order valence-electron chi connectivity index (χ0n) is 10.7. The number of nitrogens with one attached hydrogen (secondary N) is 1. The highest BCUT2D eigenvalue weighted by Gasteiger charge is 2.55. The second kappa shape index (κ2) is 5.90. The summed E-state index contributed by atoms with van der Waals surface area (Å²) in [6.07, 6.45) is -5.47. The fourth-order valence-corrected chi connectivity index (χ4v) is 1.57. The van der Waals surface area contributed by atoms with Gasteiger partial charge in [0.15, 0.2) is 0 Å². The molecule has 0 saturated carbocycles. The van der Waals surface area contributed by atoms with Gasteiger partial charge in [-0.15, -0.1) is 0 Å². The lowest BCUT2D eigenvalue weighted by Crippen LogP contribution is -2.52. The highest BCUT2D eigenvalue weighted by molar-refractivity contribution is 6.33. The van der Waals surface area contributed by atoms with Crippen LogP contribution in [0.3, 0.4) is 0 Å². The first-order chi connectivity index (χ1) is 9.45. The highest BCUT2D eigenvalue weighted by Crippen LogP contribution is 2.32. The van der Waals surface area contributed by atoms with Crippen molar-refractivity contribution in [2.75, 3.05) is 5.32 Å². The van der Waals surface area contributed by atoms with Crippen molar-refractivity contribution in [3.63, 3.8) is 0 Å². The number of aliphatic carboxylic acids is 1. The minimum atomic E-state index is -5.15. The molecule has 1 aromatic rings. The van der Waals surface area contributed by atoms with E-state index < -0.39 is 23.7 Å². The molecule has 0 radical (unpaired) electrons. The first-order valence-corrected chi connectivity index (χ1v) is 5.93. The molecule has 1 atom stereocenters. The first-order valence-electron chi connectivity index (χ1n) is 5.56. The van der Waals surface area contributed by atoms with E-state index in [0.29, 0.717) is 12.5 Å². The second-order valence-corrected chi connectivity index (χ2v) is 4.82. The third-order valence-electron chi connectivity index (χ3n) is 2.63. The average Bonchev–Trinajstić information content (AvgIpc) is 2.30. The third kappa shape index (κ3) is 4.08. The van der Waals surface area contributed by atoms with Crippen LogP contribution in [-0.4, -0.2) is 33.9 Å². The molecule has 0 unspecified atom stereocenters. The molecule has 1 aromatic carbocycles. The normalized spacial score (nSPS) is 14.4. The first kappa shape index (κ1) is 17.3. The van der Waals surface area contributed by atoms with Crippen molar-refractivity contribution in [1.82, 2.24) is 0 Å².